The van der Waals surface area contributed by atoms with E-state index in [1.807, 2.05) is 7.05 Å². The lowest BCUT2D eigenvalue weighted by molar-refractivity contribution is -0.117. The van der Waals surface area contributed by atoms with Crippen molar-refractivity contribution in [3.05, 3.63) is 72.4 Å². The summed E-state index contributed by atoms with van der Waals surface area (Å²) in [5.41, 5.74) is 1.99. The molecule has 0 atom stereocenters. The van der Waals surface area contributed by atoms with Crippen LogP contribution in [0.5, 0.6) is 0 Å². The Morgan fingerprint density at radius 3 is 2.50 bits per heavy atom. The zero-order valence-electron chi connectivity index (χ0n) is 19.7. The van der Waals surface area contributed by atoms with Crippen molar-refractivity contribution in [1.29, 1.82) is 0 Å². The van der Waals surface area contributed by atoms with Gasteiger partial charge < -0.3 is 15.5 Å². The number of piperazine rings is 1. The third kappa shape index (κ3) is 5.01. The van der Waals surface area contributed by atoms with Gasteiger partial charge in [0.25, 0.3) is 5.91 Å². The Kier molecular flexibility index (Phi) is 6.54. The maximum atomic E-state index is 13.1. The molecule has 2 amide bonds. The fraction of sp³-hybridized carbons (Fsp3) is 0.240. The van der Waals surface area contributed by atoms with Crippen molar-refractivity contribution in [3.8, 4) is 0 Å². The number of rotatable bonds is 6. The number of para-hydroxylation sites is 1. The fourth-order valence-corrected chi connectivity index (χ4v) is 4.23. The Balaban J connectivity index is 1.18. The van der Waals surface area contributed by atoms with Crippen LogP contribution in [0, 0.1) is 5.82 Å². The number of benzene rings is 2. The average Bonchev–Trinajstić information content (AvgIpc) is 3.27. The SMILES string of the molecule is Cn1ncc2c(N3CCN(CC(=O)Nc4ccccc4C(=O)Nc4ccc(F)cc4)CC3)ncnc21. The van der Waals surface area contributed by atoms with Crippen LogP contribution in [0.1, 0.15) is 10.4 Å². The van der Waals surface area contributed by atoms with Crippen LogP contribution in [-0.2, 0) is 11.8 Å². The molecule has 0 unspecified atom stereocenters. The van der Waals surface area contributed by atoms with E-state index in [0.717, 1.165) is 16.9 Å². The van der Waals surface area contributed by atoms with Crippen LogP contribution in [0.4, 0.5) is 21.6 Å². The molecule has 0 aliphatic carbocycles. The lowest BCUT2D eigenvalue weighted by Gasteiger charge is -2.35. The first kappa shape index (κ1) is 23.4. The van der Waals surface area contributed by atoms with Gasteiger partial charge in [-0.3, -0.25) is 19.2 Å². The van der Waals surface area contributed by atoms with E-state index in [0.29, 0.717) is 43.1 Å². The second kappa shape index (κ2) is 10.1. The molecule has 5 rings (SSSR count). The summed E-state index contributed by atoms with van der Waals surface area (Å²) in [6.45, 7) is 3.00. The summed E-state index contributed by atoms with van der Waals surface area (Å²) in [5.74, 6) is -0.137. The van der Waals surface area contributed by atoms with Gasteiger partial charge >= 0.3 is 0 Å². The van der Waals surface area contributed by atoms with Crippen molar-refractivity contribution in [3.63, 3.8) is 0 Å². The Morgan fingerprint density at radius 1 is 0.972 bits per heavy atom. The summed E-state index contributed by atoms with van der Waals surface area (Å²) >= 11 is 0. The number of carbonyl (C=O) groups is 2. The molecule has 10 nitrogen and oxygen atoms in total. The molecule has 1 aliphatic heterocycles. The predicted octanol–water partition coefficient (Wildman–Crippen LogP) is 2.52. The van der Waals surface area contributed by atoms with E-state index >= 15 is 0 Å². The normalized spacial score (nSPS) is 14.1. The summed E-state index contributed by atoms with van der Waals surface area (Å²) in [6, 6.07) is 12.3. The molecule has 1 saturated heterocycles. The predicted molar refractivity (Wildman–Crippen MR) is 134 cm³/mol. The van der Waals surface area contributed by atoms with Gasteiger partial charge in [0.15, 0.2) is 5.65 Å². The number of carbonyl (C=O) groups excluding carboxylic acids is 2. The van der Waals surface area contributed by atoms with Gasteiger partial charge in [-0.25, -0.2) is 14.4 Å². The highest BCUT2D eigenvalue weighted by Crippen LogP contribution is 2.23. The number of hydrogen-bond donors (Lipinski definition) is 2. The zero-order valence-corrected chi connectivity index (χ0v) is 19.7. The van der Waals surface area contributed by atoms with Crippen LogP contribution in [0.25, 0.3) is 11.0 Å². The van der Waals surface area contributed by atoms with Gasteiger partial charge in [0.05, 0.1) is 29.4 Å². The number of nitrogens with one attached hydrogen (secondary N) is 2. The molecule has 184 valence electrons. The highest BCUT2D eigenvalue weighted by molar-refractivity contribution is 6.10. The minimum atomic E-state index is -0.391. The van der Waals surface area contributed by atoms with Crippen LogP contribution < -0.4 is 15.5 Å². The first-order chi connectivity index (χ1) is 17.5. The third-order valence-electron chi connectivity index (χ3n) is 6.10. The van der Waals surface area contributed by atoms with Crippen molar-refractivity contribution < 1.29 is 14.0 Å². The molecule has 1 aliphatic rings. The maximum absolute atomic E-state index is 13.1. The van der Waals surface area contributed by atoms with E-state index in [2.05, 4.69) is 35.5 Å². The van der Waals surface area contributed by atoms with Gasteiger partial charge in [-0.1, -0.05) is 12.1 Å². The topological polar surface area (TPSA) is 108 Å². The van der Waals surface area contributed by atoms with E-state index in [-0.39, 0.29) is 18.3 Å². The Hall–Kier alpha value is -4.38. The Labute approximate surface area is 206 Å². The van der Waals surface area contributed by atoms with Crippen LogP contribution in [0.3, 0.4) is 0 Å². The van der Waals surface area contributed by atoms with E-state index < -0.39 is 5.91 Å². The Bertz CT molecular complexity index is 1400. The molecular weight excluding hydrogens is 463 g/mol. The molecule has 1 fully saturated rings. The number of hydrogen-bond acceptors (Lipinski definition) is 7. The summed E-state index contributed by atoms with van der Waals surface area (Å²) in [4.78, 5) is 38.6. The molecule has 0 bridgehead atoms. The molecule has 3 heterocycles. The maximum Gasteiger partial charge on any atom is 0.257 e. The lowest BCUT2D eigenvalue weighted by Crippen LogP contribution is -2.49. The molecule has 2 aromatic carbocycles. The standard InChI is InChI=1S/C25H25FN8O2/c1-32-23-20(14-29-32)24(28-16-27-23)34-12-10-33(11-13-34)15-22(35)31-21-5-3-2-4-19(21)25(36)30-18-8-6-17(26)7-9-18/h2-9,14,16H,10-13,15H2,1H3,(H,30,36)(H,31,35). The highest BCUT2D eigenvalue weighted by Gasteiger charge is 2.23. The zero-order chi connectivity index (χ0) is 25.1. The first-order valence-electron chi connectivity index (χ1n) is 11.5. The van der Waals surface area contributed by atoms with Gasteiger partial charge in [0.2, 0.25) is 5.91 Å². The fourth-order valence-electron chi connectivity index (χ4n) is 4.23. The quantitative estimate of drug-likeness (QED) is 0.429. The van der Waals surface area contributed by atoms with Crippen molar-refractivity contribution in [1.82, 2.24) is 24.6 Å². The molecule has 36 heavy (non-hydrogen) atoms. The minimum Gasteiger partial charge on any atom is -0.353 e. The van der Waals surface area contributed by atoms with Crippen LogP contribution in [0.2, 0.25) is 0 Å². The minimum absolute atomic E-state index is 0.202. The molecule has 2 N–H and O–H groups in total. The first-order valence-corrected chi connectivity index (χ1v) is 11.5. The van der Waals surface area contributed by atoms with Gasteiger partial charge in [-0.05, 0) is 36.4 Å². The summed E-state index contributed by atoms with van der Waals surface area (Å²) < 4.78 is 14.9. The molecule has 0 saturated carbocycles. The Morgan fingerprint density at radius 2 is 1.72 bits per heavy atom. The third-order valence-corrected chi connectivity index (χ3v) is 6.10. The van der Waals surface area contributed by atoms with Crippen molar-refractivity contribution in [2.75, 3.05) is 48.3 Å². The number of aromatic nitrogens is 4. The van der Waals surface area contributed by atoms with Crippen LogP contribution in [0.15, 0.2) is 61.1 Å². The van der Waals surface area contributed by atoms with Gasteiger partial charge in [-0.2, -0.15) is 5.10 Å². The number of aryl methyl sites for hydroxylation is 1. The summed E-state index contributed by atoms with van der Waals surface area (Å²) in [6.07, 6.45) is 3.32. The van der Waals surface area contributed by atoms with Gasteiger partial charge in [0, 0.05) is 38.9 Å². The van der Waals surface area contributed by atoms with Gasteiger partial charge in [-0.15, -0.1) is 0 Å². The average molecular weight is 489 g/mol. The summed E-state index contributed by atoms with van der Waals surface area (Å²) in [5, 5.41) is 10.8. The number of anilines is 3. The van der Waals surface area contributed by atoms with Crippen LogP contribution in [-0.4, -0.2) is 69.2 Å². The van der Waals surface area contributed by atoms with Crippen molar-refractivity contribution >= 4 is 40.0 Å². The second-order valence-corrected chi connectivity index (χ2v) is 8.52. The largest absolute Gasteiger partial charge is 0.353 e. The number of nitrogens with zero attached hydrogens (tertiary/aromatic N) is 6. The molecular formula is C25H25FN8O2. The van der Waals surface area contributed by atoms with Crippen molar-refractivity contribution in [2.45, 2.75) is 0 Å². The smallest absolute Gasteiger partial charge is 0.257 e. The van der Waals surface area contributed by atoms with Gasteiger partial charge in [0.1, 0.15) is 18.0 Å². The van der Waals surface area contributed by atoms with Crippen molar-refractivity contribution in [2.24, 2.45) is 7.05 Å². The van der Waals surface area contributed by atoms with E-state index in [9.17, 15) is 14.0 Å². The van der Waals surface area contributed by atoms with E-state index in [4.69, 9.17) is 0 Å². The molecule has 4 aromatic rings. The highest BCUT2D eigenvalue weighted by atomic mass is 19.1. The molecule has 11 heteroatoms. The number of fused-ring (bicyclic) bond motifs is 1. The number of halogens is 1. The molecule has 0 spiro atoms. The van der Waals surface area contributed by atoms with E-state index in [1.54, 1.807) is 41.5 Å². The summed E-state index contributed by atoms with van der Waals surface area (Å²) in [7, 11) is 1.85. The monoisotopic (exact) mass is 488 g/mol. The lowest BCUT2D eigenvalue weighted by atomic mass is 10.1. The second-order valence-electron chi connectivity index (χ2n) is 8.52. The number of amides is 2. The molecule has 2 aromatic heterocycles. The van der Waals surface area contributed by atoms with E-state index in [1.165, 1.54) is 24.3 Å². The van der Waals surface area contributed by atoms with Crippen LogP contribution >= 0.6 is 0 Å². The molecule has 0 radical (unpaired) electrons.